The highest BCUT2D eigenvalue weighted by Gasteiger charge is 2.49. The van der Waals surface area contributed by atoms with E-state index < -0.39 is 43.0 Å². The molecular formula is C22H21F3N2O5. The van der Waals surface area contributed by atoms with Gasteiger partial charge in [-0.15, -0.1) is 0 Å². The third-order valence-corrected chi connectivity index (χ3v) is 4.79. The average Bonchev–Trinajstić information content (AvgIpc) is 2.89. The predicted octanol–water partition coefficient (Wildman–Crippen LogP) is 3.61. The van der Waals surface area contributed by atoms with Crippen LogP contribution in [-0.4, -0.2) is 43.2 Å². The van der Waals surface area contributed by atoms with Gasteiger partial charge < -0.3 is 14.8 Å². The van der Waals surface area contributed by atoms with Gasteiger partial charge in [-0.2, -0.15) is 13.2 Å². The first kappa shape index (κ1) is 23.1. The summed E-state index contributed by atoms with van der Waals surface area (Å²) in [6.07, 6.45) is -6.03. The van der Waals surface area contributed by atoms with Gasteiger partial charge in [0.15, 0.2) is 6.61 Å². The maximum Gasteiger partial charge on any atom is 0.409 e. The summed E-state index contributed by atoms with van der Waals surface area (Å²) in [7, 11) is 0. The molecule has 0 saturated carbocycles. The molecule has 0 saturated heterocycles. The number of hydrogen-bond acceptors (Lipinski definition) is 5. The minimum Gasteiger partial charge on any atom is -0.493 e. The zero-order valence-electron chi connectivity index (χ0n) is 17.1. The Labute approximate surface area is 182 Å². The zero-order valence-corrected chi connectivity index (χ0v) is 17.1. The summed E-state index contributed by atoms with van der Waals surface area (Å²) in [5.74, 6) is -2.18. The molecule has 0 radical (unpaired) electrons. The molecule has 3 rings (SSSR count). The third-order valence-electron chi connectivity index (χ3n) is 4.79. The van der Waals surface area contributed by atoms with Crippen molar-refractivity contribution in [1.82, 2.24) is 0 Å². The molecule has 0 spiro atoms. The number of esters is 1. The van der Waals surface area contributed by atoms with E-state index in [4.69, 9.17) is 9.47 Å². The minimum absolute atomic E-state index is 0.0198. The smallest absolute Gasteiger partial charge is 0.409 e. The van der Waals surface area contributed by atoms with Crippen molar-refractivity contribution in [3.8, 4) is 5.75 Å². The van der Waals surface area contributed by atoms with Crippen molar-refractivity contribution in [1.29, 1.82) is 0 Å². The molecule has 0 aliphatic carbocycles. The summed E-state index contributed by atoms with van der Waals surface area (Å²) in [4.78, 5) is 37.1. The normalized spacial score (nSPS) is 15.9. The number of ether oxygens (including phenoxy) is 2. The predicted molar refractivity (Wildman–Crippen MR) is 109 cm³/mol. The number of carbonyl (C=O) groups is 3. The monoisotopic (exact) mass is 450 g/mol. The standard InChI is InChI=1S/C22H21F3N2O5/c1-14-6-2-5-9-17(14)31-11-10-21(30)32-13-20(29)27-16-8-4-3-7-15(16)26-19(28)12-18(27)22(23,24)25/h2-9,18H,10-13H2,1H3,(H,26,28). The molecule has 2 aromatic rings. The van der Waals surface area contributed by atoms with Gasteiger partial charge in [0.05, 0.1) is 30.8 Å². The van der Waals surface area contributed by atoms with Crippen LogP contribution in [0.5, 0.6) is 5.75 Å². The highest BCUT2D eigenvalue weighted by molar-refractivity contribution is 6.05. The highest BCUT2D eigenvalue weighted by Crippen LogP contribution is 2.37. The number of hydrogen-bond donors (Lipinski definition) is 1. The molecule has 32 heavy (non-hydrogen) atoms. The van der Waals surface area contributed by atoms with Crippen molar-refractivity contribution < 1.29 is 37.0 Å². The van der Waals surface area contributed by atoms with Crippen LogP contribution in [-0.2, 0) is 19.1 Å². The number of benzene rings is 2. The lowest BCUT2D eigenvalue weighted by atomic mass is 10.1. The van der Waals surface area contributed by atoms with E-state index in [1.807, 2.05) is 19.1 Å². The largest absolute Gasteiger partial charge is 0.493 e. The highest BCUT2D eigenvalue weighted by atomic mass is 19.4. The number of carbonyl (C=O) groups excluding carboxylic acids is 3. The van der Waals surface area contributed by atoms with E-state index in [9.17, 15) is 27.6 Å². The first-order chi connectivity index (χ1) is 15.2. The van der Waals surface area contributed by atoms with E-state index in [0.717, 1.165) is 5.56 Å². The average molecular weight is 450 g/mol. The van der Waals surface area contributed by atoms with Crippen molar-refractivity contribution in [3.63, 3.8) is 0 Å². The van der Waals surface area contributed by atoms with E-state index in [2.05, 4.69) is 5.32 Å². The Morgan fingerprint density at radius 2 is 1.81 bits per heavy atom. The lowest BCUT2D eigenvalue weighted by molar-refractivity contribution is -0.160. The number of amides is 2. The van der Waals surface area contributed by atoms with Crippen molar-refractivity contribution in [2.75, 3.05) is 23.4 Å². The topological polar surface area (TPSA) is 84.9 Å². The maximum atomic E-state index is 13.7. The summed E-state index contributed by atoms with van der Waals surface area (Å²) in [6, 6.07) is 10.4. The molecule has 1 atom stereocenters. The first-order valence-electron chi connectivity index (χ1n) is 9.78. The van der Waals surface area contributed by atoms with Gasteiger partial charge in [0, 0.05) is 0 Å². The molecule has 10 heteroatoms. The molecule has 170 valence electrons. The maximum absolute atomic E-state index is 13.7. The lowest BCUT2D eigenvalue weighted by Crippen LogP contribution is -2.51. The SMILES string of the molecule is Cc1ccccc1OCCC(=O)OCC(=O)N1c2ccccc2NC(=O)CC1C(F)(F)F. The molecule has 1 aliphatic rings. The van der Waals surface area contributed by atoms with Gasteiger partial charge in [0.25, 0.3) is 5.91 Å². The number of alkyl halides is 3. The van der Waals surface area contributed by atoms with Crippen LogP contribution in [0, 0.1) is 6.92 Å². The molecular weight excluding hydrogens is 429 g/mol. The van der Waals surface area contributed by atoms with E-state index in [1.54, 1.807) is 12.1 Å². The summed E-state index contributed by atoms with van der Waals surface area (Å²) >= 11 is 0. The molecule has 0 fully saturated rings. The van der Waals surface area contributed by atoms with Crippen LogP contribution in [0.3, 0.4) is 0 Å². The van der Waals surface area contributed by atoms with E-state index in [1.165, 1.54) is 24.3 Å². The number of halogens is 3. The number of para-hydroxylation sites is 3. The summed E-state index contributed by atoms with van der Waals surface area (Å²) in [5.41, 5.74) is 0.817. The Hall–Kier alpha value is -3.56. The Kier molecular flexibility index (Phi) is 7.01. The van der Waals surface area contributed by atoms with Crippen LogP contribution in [0.2, 0.25) is 0 Å². The molecule has 7 nitrogen and oxygen atoms in total. The number of fused-ring (bicyclic) bond motifs is 1. The van der Waals surface area contributed by atoms with E-state index in [0.29, 0.717) is 10.6 Å². The second kappa shape index (κ2) is 9.71. The molecule has 1 unspecified atom stereocenters. The summed E-state index contributed by atoms with van der Waals surface area (Å²) < 4.78 is 51.3. The zero-order chi connectivity index (χ0) is 23.3. The molecule has 2 aromatic carbocycles. The van der Waals surface area contributed by atoms with Crippen molar-refractivity contribution in [2.45, 2.75) is 32.0 Å². The van der Waals surface area contributed by atoms with E-state index >= 15 is 0 Å². The van der Waals surface area contributed by atoms with Crippen LogP contribution < -0.4 is 15.0 Å². The van der Waals surface area contributed by atoms with Gasteiger partial charge in [0.2, 0.25) is 5.91 Å². The molecule has 0 aromatic heterocycles. The van der Waals surface area contributed by atoms with Gasteiger partial charge >= 0.3 is 12.1 Å². The van der Waals surface area contributed by atoms with Gasteiger partial charge in [-0.25, -0.2) is 0 Å². The Morgan fingerprint density at radius 1 is 1.12 bits per heavy atom. The second-order valence-corrected chi connectivity index (χ2v) is 7.12. The second-order valence-electron chi connectivity index (χ2n) is 7.12. The number of nitrogens with one attached hydrogen (secondary N) is 1. The van der Waals surface area contributed by atoms with Crippen LogP contribution >= 0.6 is 0 Å². The molecule has 0 bridgehead atoms. The van der Waals surface area contributed by atoms with Crippen molar-refractivity contribution in [2.24, 2.45) is 0 Å². The molecule has 2 amide bonds. The van der Waals surface area contributed by atoms with Gasteiger partial charge in [-0.3, -0.25) is 19.3 Å². The fourth-order valence-electron chi connectivity index (χ4n) is 3.24. The molecule has 1 N–H and O–H groups in total. The van der Waals surface area contributed by atoms with Crippen molar-refractivity contribution >= 4 is 29.2 Å². The van der Waals surface area contributed by atoms with E-state index in [-0.39, 0.29) is 24.4 Å². The summed E-state index contributed by atoms with van der Waals surface area (Å²) in [5, 5.41) is 2.37. The lowest BCUT2D eigenvalue weighted by Gasteiger charge is -2.31. The number of aryl methyl sites for hydroxylation is 1. The first-order valence-corrected chi connectivity index (χ1v) is 9.78. The summed E-state index contributed by atoms with van der Waals surface area (Å²) in [6.45, 7) is 0.911. The fraction of sp³-hybridized carbons (Fsp3) is 0.318. The number of anilines is 2. The van der Waals surface area contributed by atoms with Crippen molar-refractivity contribution in [3.05, 3.63) is 54.1 Å². The number of nitrogens with zero attached hydrogens (tertiary/aromatic N) is 1. The van der Waals surface area contributed by atoms with Gasteiger partial charge in [0.1, 0.15) is 11.8 Å². The Morgan fingerprint density at radius 3 is 2.53 bits per heavy atom. The van der Waals surface area contributed by atoms with Crippen LogP contribution in [0.25, 0.3) is 0 Å². The molecule has 1 heterocycles. The van der Waals surface area contributed by atoms with Crippen LogP contribution in [0.15, 0.2) is 48.5 Å². The van der Waals surface area contributed by atoms with Gasteiger partial charge in [-0.1, -0.05) is 30.3 Å². The Balaban J connectivity index is 1.66. The minimum atomic E-state index is -4.87. The van der Waals surface area contributed by atoms with Crippen LogP contribution in [0.4, 0.5) is 24.5 Å². The van der Waals surface area contributed by atoms with Crippen LogP contribution in [0.1, 0.15) is 18.4 Å². The fourth-order valence-corrected chi connectivity index (χ4v) is 3.24. The quantitative estimate of drug-likeness (QED) is 0.680. The van der Waals surface area contributed by atoms with Gasteiger partial charge in [-0.05, 0) is 30.7 Å². The Bertz CT molecular complexity index is 1010. The third kappa shape index (κ3) is 5.57. The molecule has 1 aliphatic heterocycles. The number of rotatable bonds is 6.